The Morgan fingerprint density at radius 1 is 1.00 bits per heavy atom. The molecule has 2 amide bonds. The Morgan fingerprint density at radius 3 is 2.37 bits per heavy atom. The molecule has 30 heavy (non-hydrogen) atoms. The minimum absolute atomic E-state index is 0.179. The van der Waals surface area contributed by atoms with Crippen LogP contribution in [0.2, 0.25) is 0 Å². The standard InChI is InChI=1S/C24H24N3O3/c1-30-18-11-9-17(10-12-18)21-16-25(22-8-4-14-26(21)22)13-5-15-27-23(28)19-6-2-3-7-20(19)24(27)29/h2-3,6-7,9-12,16H,4-5,8,13-15H2,1H3/q+1. The third-order valence-electron chi connectivity index (χ3n) is 6.04. The van der Waals surface area contributed by atoms with Crippen molar-refractivity contribution in [2.45, 2.75) is 32.4 Å². The molecule has 0 radical (unpaired) electrons. The largest absolute Gasteiger partial charge is 0.497 e. The van der Waals surface area contributed by atoms with E-state index < -0.39 is 0 Å². The van der Waals surface area contributed by atoms with Gasteiger partial charge in [0.15, 0.2) is 5.69 Å². The summed E-state index contributed by atoms with van der Waals surface area (Å²) in [7, 11) is 1.67. The molecule has 5 rings (SSSR count). The van der Waals surface area contributed by atoms with Gasteiger partial charge in [0.2, 0.25) is 0 Å². The lowest BCUT2D eigenvalue weighted by atomic mass is 10.1. The van der Waals surface area contributed by atoms with Crippen LogP contribution in [0.3, 0.4) is 0 Å². The normalized spacial score (nSPS) is 14.9. The number of methoxy groups -OCH3 is 1. The Hall–Kier alpha value is -3.41. The number of hydrogen-bond acceptors (Lipinski definition) is 3. The van der Waals surface area contributed by atoms with Gasteiger partial charge in [0.05, 0.1) is 37.7 Å². The zero-order valence-electron chi connectivity index (χ0n) is 17.0. The topological polar surface area (TPSA) is 55.4 Å². The van der Waals surface area contributed by atoms with Crippen molar-refractivity contribution >= 4 is 11.8 Å². The molecule has 1 aromatic heterocycles. The molecular weight excluding hydrogens is 378 g/mol. The molecule has 2 aliphatic heterocycles. The van der Waals surface area contributed by atoms with Crippen LogP contribution in [-0.2, 0) is 19.5 Å². The number of imidazole rings is 1. The first kappa shape index (κ1) is 18.6. The van der Waals surface area contributed by atoms with Gasteiger partial charge in [-0.1, -0.05) is 12.1 Å². The summed E-state index contributed by atoms with van der Waals surface area (Å²) in [5, 5.41) is 0. The molecule has 0 N–H and O–H groups in total. The van der Waals surface area contributed by atoms with Crippen molar-refractivity contribution in [2.75, 3.05) is 13.7 Å². The Morgan fingerprint density at radius 2 is 1.70 bits per heavy atom. The fourth-order valence-corrected chi connectivity index (χ4v) is 4.54. The number of hydrogen-bond donors (Lipinski definition) is 0. The Bertz CT molecular complexity index is 1100. The maximum atomic E-state index is 12.6. The molecule has 0 saturated heterocycles. The molecule has 6 heteroatoms. The van der Waals surface area contributed by atoms with Crippen LogP contribution in [-0.4, -0.2) is 34.9 Å². The van der Waals surface area contributed by atoms with Crippen molar-refractivity contribution in [3.8, 4) is 17.0 Å². The lowest BCUT2D eigenvalue weighted by molar-refractivity contribution is -0.703. The summed E-state index contributed by atoms with van der Waals surface area (Å²) in [6.45, 7) is 2.23. The summed E-state index contributed by atoms with van der Waals surface area (Å²) in [5.41, 5.74) is 3.40. The quantitative estimate of drug-likeness (QED) is 0.470. The van der Waals surface area contributed by atoms with E-state index in [1.807, 2.05) is 12.1 Å². The highest BCUT2D eigenvalue weighted by molar-refractivity contribution is 6.21. The Labute approximate surface area is 175 Å². The van der Waals surface area contributed by atoms with Crippen LogP contribution in [0.25, 0.3) is 11.3 Å². The second-order valence-corrected chi connectivity index (χ2v) is 7.77. The van der Waals surface area contributed by atoms with E-state index in [1.54, 1.807) is 31.4 Å². The van der Waals surface area contributed by atoms with Crippen LogP contribution < -0.4 is 9.30 Å². The summed E-state index contributed by atoms with van der Waals surface area (Å²) < 4.78 is 9.94. The maximum Gasteiger partial charge on any atom is 0.261 e. The zero-order valence-corrected chi connectivity index (χ0v) is 17.0. The maximum absolute atomic E-state index is 12.6. The summed E-state index contributed by atoms with van der Waals surface area (Å²) in [5.74, 6) is 1.80. The van der Waals surface area contributed by atoms with Crippen LogP contribution in [0.1, 0.15) is 39.4 Å². The van der Waals surface area contributed by atoms with E-state index in [4.69, 9.17) is 4.74 Å². The highest BCUT2D eigenvalue weighted by Gasteiger charge is 2.35. The van der Waals surface area contributed by atoms with Crippen molar-refractivity contribution < 1.29 is 18.9 Å². The molecule has 0 unspecified atom stereocenters. The predicted molar refractivity (Wildman–Crippen MR) is 111 cm³/mol. The van der Waals surface area contributed by atoms with Crippen LogP contribution in [0.5, 0.6) is 5.75 Å². The molecular formula is C24H24N3O3+. The van der Waals surface area contributed by atoms with E-state index in [9.17, 15) is 9.59 Å². The van der Waals surface area contributed by atoms with Crippen LogP contribution in [0.4, 0.5) is 0 Å². The number of aryl methyl sites for hydroxylation is 1. The van der Waals surface area contributed by atoms with Crippen molar-refractivity contribution in [3.63, 3.8) is 0 Å². The smallest absolute Gasteiger partial charge is 0.261 e. The minimum atomic E-state index is -0.179. The second-order valence-electron chi connectivity index (χ2n) is 7.77. The van der Waals surface area contributed by atoms with Crippen LogP contribution in [0.15, 0.2) is 54.7 Å². The molecule has 3 heterocycles. The van der Waals surface area contributed by atoms with Gasteiger partial charge < -0.3 is 4.74 Å². The van der Waals surface area contributed by atoms with Crippen molar-refractivity contribution in [1.29, 1.82) is 0 Å². The number of carbonyl (C=O) groups excluding carboxylic acids is 2. The van der Waals surface area contributed by atoms with Gasteiger partial charge in [0.25, 0.3) is 17.6 Å². The molecule has 0 fully saturated rings. The lowest BCUT2D eigenvalue weighted by Crippen LogP contribution is -2.39. The third kappa shape index (κ3) is 3.00. The van der Waals surface area contributed by atoms with Crippen LogP contribution >= 0.6 is 0 Å². The molecule has 3 aromatic rings. The second kappa shape index (κ2) is 7.44. The SMILES string of the molecule is COc1ccc(-c2c[n+](CCCN3C(=O)c4ccccc4C3=O)c3n2CCC3)cc1. The number of benzene rings is 2. The highest BCUT2D eigenvalue weighted by Crippen LogP contribution is 2.27. The molecule has 0 bridgehead atoms. The fourth-order valence-electron chi connectivity index (χ4n) is 4.54. The molecule has 6 nitrogen and oxygen atoms in total. The Kier molecular flexibility index (Phi) is 4.62. The number of amides is 2. The number of nitrogens with zero attached hydrogens (tertiary/aromatic N) is 3. The fraction of sp³-hybridized carbons (Fsp3) is 0.292. The molecule has 0 spiro atoms. The molecule has 2 aliphatic rings. The third-order valence-corrected chi connectivity index (χ3v) is 6.04. The number of carbonyl (C=O) groups is 2. The number of aromatic nitrogens is 2. The van der Waals surface area contributed by atoms with E-state index >= 15 is 0 Å². The predicted octanol–water partition coefficient (Wildman–Crippen LogP) is 3.08. The first-order valence-corrected chi connectivity index (χ1v) is 10.4. The molecule has 2 aromatic carbocycles. The average Bonchev–Trinajstić information content (AvgIpc) is 3.45. The summed E-state index contributed by atoms with van der Waals surface area (Å²) in [6.07, 6.45) is 5.11. The van der Waals surface area contributed by atoms with Gasteiger partial charge in [0.1, 0.15) is 11.9 Å². The average molecular weight is 402 g/mol. The molecule has 0 atom stereocenters. The first-order valence-electron chi connectivity index (χ1n) is 10.4. The van der Waals surface area contributed by atoms with Crippen molar-refractivity contribution in [2.24, 2.45) is 0 Å². The van der Waals surface area contributed by atoms with Crippen molar-refractivity contribution in [3.05, 3.63) is 71.7 Å². The molecule has 0 saturated carbocycles. The van der Waals surface area contributed by atoms with Gasteiger partial charge in [-0.2, -0.15) is 0 Å². The molecule has 152 valence electrons. The van der Waals surface area contributed by atoms with E-state index in [2.05, 4.69) is 27.5 Å². The van der Waals surface area contributed by atoms with E-state index in [-0.39, 0.29) is 11.8 Å². The van der Waals surface area contributed by atoms with E-state index in [1.165, 1.54) is 16.4 Å². The number of imide groups is 1. The van der Waals surface area contributed by atoms with E-state index in [0.717, 1.165) is 43.7 Å². The lowest BCUT2D eigenvalue weighted by Gasteiger charge is -2.12. The van der Waals surface area contributed by atoms with Gasteiger partial charge in [0, 0.05) is 18.5 Å². The van der Waals surface area contributed by atoms with Gasteiger partial charge in [-0.25, -0.2) is 9.13 Å². The Balaban J connectivity index is 1.32. The van der Waals surface area contributed by atoms with Gasteiger partial charge in [-0.05, 0) is 42.8 Å². The van der Waals surface area contributed by atoms with Crippen LogP contribution in [0, 0.1) is 0 Å². The number of ether oxygens (including phenoxy) is 1. The molecule has 0 aliphatic carbocycles. The van der Waals surface area contributed by atoms with Gasteiger partial charge in [-0.3, -0.25) is 14.5 Å². The highest BCUT2D eigenvalue weighted by atomic mass is 16.5. The van der Waals surface area contributed by atoms with Gasteiger partial charge in [-0.15, -0.1) is 0 Å². The zero-order chi connectivity index (χ0) is 20.7. The number of fused-ring (bicyclic) bond motifs is 2. The minimum Gasteiger partial charge on any atom is -0.497 e. The van der Waals surface area contributed by atoms with Gasteiger partial charge >= 0.3 is 0 Å². The number of rotatable bonds is 6. The monoisotopic (exact) mass is 402 g/mol. The summed E-state index contributed by atoms with van der Waals surface area (Å²) >= 11 is 0. The first-order chi connectivity index (χ1) is 14.7. The van der Waals surface area contributed by atoms with Crippen molar-refractivity contribution in [1.82, 2.24) is 9.47 Å². The summed E-state index contributed by atoms with van der Waals surface area (Å²) in [6, 6.07) is 15.2. The van der Waals surface area contributed by atoms with E-state index in [0.29, 0.717) is 17.7 Å². The summed E-state index contributed by atoms with van der Waals surface area (Å²) in [4.78, 5) is 26.5.